The molecule has 1 nitrogen and oxygen atoms in total. The molecule has 2 fully saturated rings. The van der Waals surface area contributed by atoms with E-state index in [-0.39, 0.29) is 0 Å². The lowest BCUT2D eigenvalue weighted by molar-refractivity contribution is 0.131. The zero-order chi connectivity index (χ0) is 15.3. The quantitative estimate of drug-likeness (QED) is 0.796. The number of benzene rings is 1. The minimum absolute atomic E-state index is 0.419. The van der Waals surface area contributed by atoms with Crippen molar-refractivity contribution < 1.29 is 0 Å². The molecule has 4 rings (SSSR count). The number of fused-ring (bicyclic) bond motifs is 3. The average molecular weight is 297 g/mol. The van der Waals surface area contributed by atoms with Crippen LogP contribution in [0.3, 0.4) is 0 Å². The highest BCUT2D eigenvalue weighted by Crippen LogP contribution is 2.58. The van der Waals surface area contributed by atoms with Crippen molar-refractivity contribution in [1.82, 2.24) is 5.32 Å². The number of rotatable bonds is 2. The van der Waals surface area contributed by atoms with Crippen molar-refractivity contribution in [3.63, 3.8) is 0 Å². The summed E-state index contributed by atoms with van der Waals surface area (Å²) in [7, 11) is 0. The molecule has 0 amide bonds. The second kappa shape index (κ2) is 5.37. The van der Waals surface area contributed by atoms with Gasteiger partial charge in [0.15, 0.2) is 0 Å². The molecule has 1 heteroatoms. The molecule has 1 saturated heterocycles. The van der Waals surface area contributed by atoms with Crippen LogP contribution in [0.2, 0.25) is 0 Å². The summed E-state index contributed by atoms with van der Waals surface area (Å²) in [6, 6.07) is 7.75. The Labute approximate surface area is 135 Å². The van der Waals surface area contributed by atoms with E-state index in [9.17, 15) is 0 Å². The lowest BCUT2D eigenvalue weighted by Crippen LogP contribution is -2.46. The molecule has 3 aliphatic rings. The van der Waals surface area contributed by atoms with Crippen LogP contribution in [-0.2, 0) is 0 Å². The smallest absolute Gasteiger partial charge is 0.0210 e. The predicted octanol–water partition coefficient (Wildman–Crippen LogP) is 5.14. The Morgan fingerprint density at radius 2 is 1.82 bits per heavy atom. The highest BCUT2D eigenvalue weighted by atomic mass is 15.0. The molecule has 2 aliphatic carbocycles. The molecule has 0 radical (unpaired) electrons. The fourth-order valence-corrected chi connectivity index (χ4v) is 6.05. The van der Waals surface area contributed by atoms with E-state index in [0.29, 0.717) is 17.4 Å². The fraction of sp³-hybridized carbons (Fsp3) is 0.714. The van der Waals surface area contributed by atoms with E-state index in [1.54, 1.807) is 11.1 Å². The van der Waals surface area contributed by atoms with Gasteiger partial charge in [0.2, 0.25) is 0 Å². The first-order valence-corrected chi connectivity index (χ1v) is 9.43. The molecule has 1 aromatic rings. The largest absolute Gasteiger partial charge is 0.313 e. The average Bonchev–Trinajstić information content (AvgIpc) is 3.14. The second-order valence-electron chi connectivity index (χ2n) is 8.59. The monoisotopic (exact) mass is 297 g/mol. The van der Waals surface area contributed by atoms with Gasteiger partial charge in [0.25, 0.3) is 0 Å². The van der Waals surface area contributed by atoms with E-state index in [2.05, 4.69) is 44.3 Å². The maximum atomic E-state index is 3.93. The number of hydrogen-bond acceptors (Lipinski definition) is 1. The van der Waals surface area contributed by atoms with Crippen LogP contribution in [0, 0.1) is 18.3 Å². The van der Waals surface area contributed by atoms with Gasteiger partial charge >= 0.3 is 0 Å². The zero-order valence-corrected chi connectivity index (χ0v) is 14.5. The number of hydrogen-bond donors (Lipinski definition) is 1. The highest BCUT2D eigenvalue weighted by Gasteiger charge is 2.51. The van der Waals surface area contributed by atoms with E-state index in [4.69, 9.17) is 0 Å². The van der Waals surface area contributed by atoms with Crippen molar-refractivity contribution in [2.45, 2.75) is 77.2 Å². The van der Waals surface area contributed by atoms with Crippen LogP contribution >= 0.6 is 0 Å². The van der Waals surface area contributed by atoms with Gasteiger partial charge < -0.3 is 5.32 Å². The summed E-state index contributed by atoms with van der Waals surface area (Å²) < 4.78 is 0. The van der Waals surface area contributed by atoms with Crippen molar-refractivity contribution >= 4 is 0 Å². The summed E-state index contributed by atoms with van der Waals surface area (Å²) >= 11 is 0. The normalized spacial score (nSPS) is 32.0. The molecule has 1 aliphatic heterocycles. The standard InChI is InChI=1S/C21H31N/c1-14-8-6-11-16-18(14)17-12-7-13-22-20(17)19(16)21(2,3)15-9-4-5-10-15/h6,8,11,15,17,19-20,22H,4-5,7,9-10,12-13H2,1-3H3. The molecule has 3 atom stereocenters. The Hall–Kier alpha value is -0.820. The SMILES string of the molecule is Cc1cccc2c1C1CCCNC1C2C(C)(C)C1CCCC1. The molecule has 0 spiro atoms. The van der Waals surface area contributed by atoms with E-state index >= 15 is 0 Å². The summed E-state index contributed by atoms with van der Waals surface area (Å²) in [4.78, 5) is 0. The molecule has 1 N–H and O–H groups in total. The number of nitrogens with one attached hydrogen (secondary N) is 1. The molecule has 1 saturated carbocycles. The molecule has 1 aromatic carbocycles. The van der Waals surface area contributed by atoms with Gasteiger partial charge in [0.05, 0.1) is 0 Å². The number of piperidine rings is 1. The van der Waals surface area contributed by atoms with Gasteiger partial charge in [-0.15, -0.1) is 0 Å². The second-order valence-corrected chi connectivity index (χ2v) is 8.59. The fourth-order valence-electron chi connectivity index (χ4n) is 6.05. The van der Waals surface area contributed by atoms with Crippen LogP contribution in [0.4, 0.5) is 0 Å². The van der Waals surface area contributed by atoms with Crippen LogP contribution in [0.25, 0.3) is 0 Å². The Kier molecular flexibility index (Phi) is 3.60. The lowest BCUT2D eigenvalue weighted by atomic mass is 9.64. The first-order chi connectivity index (χ1) is 10.6. The third kappa shape index (κ3) is 2.08. The summed E-state index contributed by atoms with van der Waals surface area (Å²) in [6.45, 7) is 8.68. The molecule has 0 bridgehead atoms. The minimum Gasteiger partial charge on any atom is -0.313 e. The third-order valence-electron chi connectivity index (χ3n) is 7.14. The lowest BCUT2D eigenvalue weighted by Gasteiger charge is -2.43. The molecule has 3 unspecified atom stereocenters. The topological polar surface area (TPSA) is 12.0 Å². The van der Waals surface area contributed by atoms with Crippen molar-refractivity contribution in [1.29, 1.82) is 0 Å². The maximum Gasteiger partial charge on any atom is 0.0210 e. The first kappa shape index (κ1) is 14.8. The maximum absolute atomic E-state index is 3.93. The van der Waals surface area contributed by atoms with E-state index in [1.807, 2.05) is 0 Å². The van der Waals surface area contributed by atoms with Gasteiger partial charge in [-0.2, -0.15) is 0 Å². The van der Waals surface area contributed by atoms with Crippen molar-refractivity contribution in [2.24, 2.45) is 11.3 Å². The summed E-state index contributed by atoms with van der Waals surface area (Å²) in [6.07, 6.45) is 8.51. The van der Waals surface area contributed by atoms with Gasteiger partial charge in [-0.05, 0) is 67.2 Å². The van der Waals surface area contributed by atoms with Crippen LogP contribution < -0.4 is 5.32 Å². The molecular formula is C21H31N. The van der Waals surface area contributed by atoms with Gasteiger partial charge in [-0.25, -0.2) is 0 Å². The van der Waals surface area contributed by atoms with Crippen LogP contribution in [-0.4, -0.2) is 12.6 Å². The molecular weight excluding hydrogens is 266 g/mol. The predicted molar refractivity (Wildman–Crippen MR) is 93.4 cm³/mol. The van der Waals surface area contributed by atoms with E-state index in [0.717, 1.165) is 11.8 Å². The first-order valence-electron chi connectivity index (χ1n) is 9.43. The summed E-state index contributed by atoms with van der Waals surface area (Å²) in [5.74, 6) is 2.37. The molecule has 120 valence electrons. The van der Waals surface area contributed by atoms with Crippen LogP contribution in [0.5, 0.6) is 0 Å². The molecule has 22 heavy (non-hydrogen) atoms. The Bertz CT molecular complexity index is 553. The van der Waals surface area contributed by atoms with Crippen molar-refractivity contribution in [3.05, 3.63) is 34.9 Å². The Balaban J connectivity index is 1.79. The van der Waals surface area contributed by atoms with Crippen molar-refractivity contribution in [3.8, 4) is 0 Å². The summed E-state index contributed by atoms with van der Waals surface area (Å²) in [5, 5.41) is 3.93. The van der Waals surface area contributed by atoms with Gasteiger partial charge in [0.1, 0.15) is 0 Å². The minimum atomic E-state index is 0.419. The van der Waals surface area contributed by atoms with E-state index in [1.165, 1.54) is 50.6 Å². The zero-order valence-electron chi connectivity index (χ0n) is 14.5. The number of aryl methyl sites for hydroxylation is 1. The van der Waals surface area contributed by atoms with Gasteiger partial charge in [-0.1, -0.05) is 44.9 Å². The highest BCUT2D eigenvalue weighted by molar-refractivity contribution is 5.48. The third-order valence-corrected chi connectivity index (χ3v) is 7.14. The Morgan fingerprint density at radius 3 is 2.59 bits per heavy atom. The van der Waals surface area contributed by atoms with Crippen LogP contribution in [0.1, 0.15) is 80.9 Å². The van der Waals surface area contributed by atoms with Gasteiger partial charge in [0, 0.05) is 17.9 Å². The van der Waals surface area contributed by atoms with Gasteiger partial charge in [-0.3, -0.25) is 0 Å². The summed E-state index contributed by atoms with van der Waals surface area (Å²) in [5.41, 5.74) is 5.33. The Morgan fingerprint density at radius 1 is 1.05 bits per heavy atom. The van der Waals surface area contributed by atoms with Crippen LogP contribution in [0.15, 0.2) is 18.2 Å². The molecule has 1 heterocycles. The van der Waals surface area contributed by atoms with E-state index < -0.39 is 0 Å². The van der Waals surface area contributed by atoms with Crippen molar-refractivity contribution in [2.75, 3.05) is 6.54 Å². The molecule has 0 aromatic heterocycles.